The van der Waals surface area contributed by atoms with Crippen LogP contribution >= 0.6 is 0 Å². The fraction of sp³-hybridized carbons (Fsp3) is 0.340. The minimum atomic E-state index is -0.833. The van der Waals surface area contributed by atoms with Gasteiger partial charge in [0.2, 0.25) is 0 Å². The van der Waals surface area contributed by atoms with Crippen LogP contribution in [0, 0.1) is 0 Å². The van der Waals surface area contributed by atoms with Gasteiger partial charge >= 0.3 is 0 Å². The number of rotatable bonds is 2. The number of carboxylic acids is 1. The van der Waals surface area contributed by atoms with Crippen molar-refractivity contribution in [2.75, 3.05) is 21.3 Å². The standard InChI is InChI=1S/C33H22.C2H4O2.6C2H6.3CH4O.2Y/c1-3-11-25-21-27(19-17-23(25)9-1)33(28-20-18-24-10-2-4-12-26(24)22-28)31-15-7-5-13-29(31)30-14-6-8-16-32(30)33;1-2(3)4;9*1-2;;/h1-22H;1H3,(H,3,4);6*1-2H3;3*2H,1H3;;. The average Bonchev–Trinajstić information content (AvgIpc) is 3.60. The molecule has 0 bridgehead atoms. The molecule has 5 nitrogen and oxygen atoms in total. The van der Waals surface area contributed by atoms with E-state index in [9.17, 15) is 0 Å². The van der Waals surface area contributed by atoms with Gasteiger partial charge < -0.3 is 20.4 Å². The minimum Gasteiger partial charge on any atom is -0.481 e. The van der Waals surface area contributed by atoms with Crippen molar-refractivity contribution >= 4 is 27.5 Å². The van der Waals surface area contributed by atoms with Crippen molar-refractivity contribution < 1.29 is 90.6 Å². The number of benzene rings is 6. The first kappa shape index (κ1) is 66.2. The molecule has 1 aliphatic rings. The number of carboxylic acid groups (broad SMARTS) is 1. The van der Waals surface area contributed by atoms with E-state index in [-0.39, 0.29) is 70.8 Å². The third-order valence-electron chi connectivity index (χ3n) is 7.32. The molecule has 57 heavy (non-hydrogen) atoms. The van der Waals surface area contributed by atoms with Gasteiger partial charge in [-0.15, -0.1) is 0 Å². The molecule has 0 aliphatic heterocycles. The van der Waals surface area contributed by atoms with Gasteiger partial charge in [-0.2, -0.15) is 0 Å². The van der Waals surface area contributed by atoms with Gasteiger partial charge in [-0.1, -0.05) is 204 Å². The molecular formula is C50H74O5Y2. The Hall–Kier alpha value is -2.60. The number of hydrogen-bond donors (Lipinski definition) is 4. The van der Waals surface area contributed by atoms with E-state index >= 15 is 0 Å². The summed E-state index contributed by atoms with van der Waals surface area (Å²) in [6.45, 7) is 25.1. The van der Waals surface area contributed by atoms with Crippen LogP contribution < -0.4 is 0 Å². The van der Waals surface area contributed by atoms with Crippen molar-refractivity contribution in [3.05, 3.63) is 156 Å². The quantitative estimate of drug-likeness (QED) is 0.138. The molecule has 7 heteroatoms. The zero-order chi connectivity index (χ0) is 43.4. The summed E-state index contributed by atoms with van der Waals surface area (Å²) in [5.41, 5.74) is 7.64. The molecule has 7 rings (SSSR count). The Morgan fingerprint density at radius 2 is 0.614 bits per heavy atom. The van der Waals surface area contributed by atoms with Crippen LogP contribution in [-0.2, 0) is 75.6 Å². The third kappa shape index (κ3) is 18.5. The topological polar surface area (TPSA) is 98.0 Å². The van der Waals surface area contributed by atoms with Crippen molar-refractivity contribution in [3.8, 4) is 11.1 Å². The van der Waals surface area contributed by atoms with E-state index in [4.69, 9.17) is 25.2 Å². The Morgan fingerprint density at radius 3 is 0.895 bits per heavy atom. The van der Waals surface area contributed by atoms with E-state index in [2.05, 4.69) is 133 Å². The number of aliphatic hydroxyl groups is 3. The van der Waals surface area contributed by atoms with Crippen molar-refractivity contribution in [2.24, 2.45) is 0 Å². The Morgan fingerprint density at radius 1 is 0.386 bits per heavy atom. The summed E-state index contributed by atoms with van der Waals surface area (Å²) in [6, 6.07) is 49.2. The first-order chi connectivity index (χ1) is 27.1. The smallest absolute Gasteiger partial charge is 0.300 e. The molecule has 0 spiro atoms. The van der Waals surface area contributed by atoms with Crippen molar-refractivity contribution in [3.63, 3.8) is 0 Å². The summed E-state index contributed by atoms with van der Waals surface area (Å²) in [6.07, 6.45) is 0. The summed E-state index contributed by atoms with van der Waals surface area (Å²) in [5, 5.41) is 33.5. The van der Waals surface area contributed by atoms with Crippen molar-refractivity contribution in [2.45, 2.75) is 95.4 Å². The number of fused-ring (bicyclic) bond motifs is 5. The Kier molecular flexibility index (Phi) is 49.9. The van der Waals surface area contributed by atoms with Crippen LogP contribution in [0.3, 0.4) is 0 Å². The van der Waals surface area contributed by atoms with Gasteiger partial charge in [-0.3, -0.25) is 4.79 Å². The molecule has 0 heterocycles. The minimum absolute atomic E-state index is 0. The molecule has 310 valence electrons. The van der Waals surface area contributed by atoms with Gasteiger partial charge in [0, 0.05) is 93.7 Å². The third-order valence-corrected chi connectivity index (χ3v) is 7.32. The molecule has 6 aromatic rings. The molecular weight excluding hydrogens is 858 g/mol. The molecule has 0 amide bonds. The second-order valence-electron chi connectivity index (χ2n) is 9.48. The van der Waals surface area contributed by atoms with Gasteiger partial charge in [0.05, 0.1) is 5.41 Å². The van der Waals surface area contributed by atoms with Crippen LogP contribution in [0.5, 0.6) is 0 Å². The SMILES string of the molecule is CC.CC.CC.CC.CC.CC.CC(=O)O.CO.CO.CO.[Y].[Y].c1ccc2c(c1)-c1ccccc1C2(c1ccc2ccccc2c1)c1ccc2ccccc2c1. The number of aliphatic hydroxyl groups excluding tert-OH is 3. The van der Waals surface area contributed by atoms with E-state index in [1.807, 2.05) is 83.1 Å². The monoisotopic (exact) mass is 932 g/mol. The first-order valence-electron chi connectivity index (χ1n) is 19.8. The van der Waals surface area contributed by atoms with E-state index in [0.717, 1.165) is 28.3 Å². The molecule has 0 unspecified atom stereocenters. The Bertz CT molecular complexity index is 1670. The van der Waals surface area contributed by atoms with E-state index in [1.165, 1.54) is 54.9 Å². The maximum atomic E-state index is 9.00. The van der Waals surface area contributed by atoms with Crippen LogP contribution in [-0.4, -0.2) is 47.7 Å². The van der Waals surface area contributed by atoms with Gasteiger partial charge in [0.15, 0.2) is 0 Å². The summed E-state index contributed by atoms with van der Waals surface area (Å²) >= 11 is 0. The number of aliphatic carboxylic acids is 1. The maximum absolute atomic E-state index is 9.00. The molecule has 2 radical (unpaired) electrons. The van der Waals surface area contributed by atoms with Crippen LogP contribution in [0.15, 0.2) is 133 Å². The predicted molar refractivity (Wildman–Crippen MR) is 245 cm³/mol. The maximum Gasteiger partial charge on any atom is 0.300 e. The van der Waals surface area contributed by atoms with Crippen molar-refractivity contribution in [1.82, 2.24) is 0 Å². The van der Waals surface area contributed by atoms with E-state index < -0.39 is 5.97 Å². The van der Waals surface area contributed by atoms with Gasteiger partial charge in [-0.05, 0) is 67.1 Å². The van der Waals surface area contributed by atoms with Gasteiger partial charge in [0.1, 0.15) is 0 Å². The van der Waals surface area contributed by atoms with Crippen LogP contribution in [0.25, 0.3) is 32.7 Å². The van der Waals surface area contributed by atoms with Crippen LogP contribution in [0.2, 0.25) is 0 Å². The summed E-state index contributed by atoms with van der Waals surface area (Å²) in [5.74, 6) is -0.833. The molecule has 1 aliphatic carbocycles. The summed E-state index contributed by atoms with van der Waals surface area (Å²) < 4.78 is 0. The summed E-state index contributed by atoms with van der Waals surface area (Å²) in [7, 11) is 3.00. The fourth-order valence-corrected chi connectivity index (χ4v) is 5.87. The fourth-order valence-electron chi connectivity index (χ4n) is 5.87. The molecule has 4 N–H and O–H groups in total. The molecule has 0 saturated carbocycles. The second kappa shape index (κ2) is 43.0. The zero-order valence-corrected chi connectivity index (χ0v) is 43.7. The molecule has 6 aromatic carbocycles. The van der Waals surface area contributed by atoms with Crippen LogP contribution in [0.4, 0.5) is 0 Å². The molecule has 0 aromatic heterocycles. The zero-order valence-electron chi connectivity index (χ0n) is 38.1. The van der Waals surface area contributed by atoms with Gasteiger partial charge in [0.25, 0.3) is 5.97 Å². The largest absolute Gasteiger partial charge is 0.481 e. The molecule has 0 fully saturated rings. The molecule has 0 saturated heterocycles. The van der Waals surface area contributed by atoms with E-state index in [1.54, 1.807) is 0 Å². The number of carbonyl (C=O) groups is 1. The van der Waals surface area contributed by atoms with E-state index in [0.29, 0.717) is 0 Å². The number of hydrogen-bond acceptors (Lipinski definition) is 4. The second-order valence-corrected chi connectivity index (χ2v) is 9.48. The Labute approximate surface area is 398 Å². The average molecular weight is 933 g/mol. The first-order valence-corrected chi connectivity index (χ1v) is 19.8. The summed E-state index contributed by atoms with van der Waals surface area (Å²) in [4.78, 5) is 9.00. The Balaban J connectivity index is -0.000000235. The predicted octanol–water partition coefficient (Wildman–Crippen LogP) is 13.4. The molecule has 0 atom stereocenters. The van der Waals surface area contributed by atoms with Crippen molar-refractivity contribution in [1.29, 1.82) is 0 Å². The normalized spacial score (nSPS) is 9.32. The van der Waals surface area contributed by atoms with Gasteiger partial charge in [-0.25, -0.2) is 0 Å². The van der Waals surface area contributed by atoms with Crippen LogP contribution in [0.1, 0.15) is 112 Å².